The fourth-order valence-corrected chi connectivity index (χ4v) is 3.69. The number of ether oxygens (including phenoxy) is 2. The minimum absolute atomic E-state index is 0.240. The third-order valence-electron chi connectivity index (χ3n) is 4.94. The van der Waals surface area contributed by atoms with Crippen LogP contribution < -0.4 is 20.1 Å². The van der Waals surface area contributed by atoms with Crippen molar-refractivity contribution in [2.75, 3.05) is 7.11 Å². The fraction of sp³-hybridized carbons (Fsp3) is 0.333. The molecular formula is C24H27N3O2S. The highest BCUT2D eigenvalue weighted by atomic mass is 32.1. The van der Waals surface area contributed by atoms with Gasteiger partial charge in [-0.15, -0.1) is 0 Å². The van der Waals surface area contributed by atoms with Crippen LogP contribution in [0.4, 0.5) is 0 Å². The van der Waals surface area contributed by atoms with Gasteiger partial charge in [0, 0.05) is 11.1 Å². The summed E-state index contributed by atoms with van der Waals surface area (Å²) in [5, 5.41) is 16.7. The van der Waals surface area contributed by atoms with Gasteiger partial charge >= 0.3 is 0 Å². The van der Waals surface area contributed by atoms with Gasteiger partial charge in [0.05, 0.1) is 24.8 Å². The van der Waals surface area contributed by atoms with Crippen molar-refractivity contribution < 1.29 is 9.47 Å². The number of aryl methyl sites for hydroxylation is 1. The van der Waals surface area contributed by atoms with E-state index in [1.807, 2.05) is 30.3 Å². The van der Waals surface area contributed by atoms with Crippen molar-refractivity contribution in [1.29, 1.82) is 5.26 Å². The summed E-state index contributed by atoms with van der Waals surface area (Å²) < 4.78 is 11.6. The van der Waals surface area contributed by atoms with E-state index in [2.05, 4.69) is 56.5 Å². The molecule has 1 aliphatic rings. The van der Waals surface area contributed by atoms with E-state index in [0.717, 1.165) is 16.8 Å². The van der Waals surface area contributed by atoms with Crippen LogP contribution in [0.25, 0.3) is 0 Å². The van der Waals surface area contributed by atoms with Crippen LogP contribution in [0.15, 0.2) is 53.7 Å². The van der Waals surface area contributed by atoms with Gasteiger partial charge in [0.2, 0.25) is 0 Å². The molecule has 0 spiro atoms. The maximum atomic E-state index is 9.87. The molecule has 6 heteroatoms. The fourth-order valence-electron chi connectivity index (χ4n) is 3.47. The second kappa shape index (κ2) is 8.76. The molecule has 0 bridgehead atoms. The lowest BCUT2D eigenvalue weighted by Gasteiger charge is -2.35. The lowest BCUT2D eigenvalue weighted by molar-refractivity contribution is 0.284. The summed E-state index contributed by atoms with van der Waals surface area (Å²) in [5.74, 6) is 1.26. The predicted octanol–water partition coefficient (Wildman–Crippen LogP) is 4.93. The molecule has 0 saturated heterocycles. The zero-order valence-corrected chi connectivity index (χ0v) is 18.8. The van der Waals surface area contributed by atoms with Crippen LogP contribution in [0.2, 0.25) is 0 Å². The van der Waals surface area contributed by atoms with Gasteiger partial charge in [0.1, 0.15) is 6.61 Å². The van der Waals surface area contributed by atoms with E-state index in [-0.39, 0.29) is 11.5 Å². The van der Waals surface area contributed by atoms with Crippen LogP contribution in [-0.4, -0.2) is 12.2 Å². The average molecular weight is 422 g/mol. The predicted molar refractivity (Wildman–Crippen MR) is 122 cm³/mol. The summed E-state index contributed by atoms with van der Waals surface area (Å²) in [7, 11) is 1.61. The smallest absolute Gasteiger partial charge is 0.171 e. The van der Waals surface area contributed by atoms with Gasteiger partial charge in [-0.1, -0.05) is 56.7 Å². The molecule has 5 nitrogen and oxygen atoms in total. The van der Waals surface area contributed by atoms with Gasteiger partial charge < -0.3 is 20.1 Å². The second-order valence-corrected chi connectivity index (χ2v) is 8.78. The molecule has 0 fully saturated rings. The Kier molecular flexibility index (Phi) is 6.33. The topological polar surface area (TPSA) is 66.3 Å². The molecule has 0 aliphatic carbocycles. The van der Waals surface area contributed by atoms with Crippen LogP contribution in [0.5, 0.6) is 11.5 Å². The molecule has 3 rings (SSSR count). The minimum atomic E-state index is -0.349. The van der Waals surface area contributed by atoms with Crippen molar-refractivity contribution in [3.8, 4) is 17.6 Å². The van der Waals surface area contributed by atoms with E-state index in [0.29, 0.717) is 28.8 Å². The zero-order chi connectivity index (χ0) is 21.9. The minimum Gasteiger partial charge on any atom is -0.493 e. The van der Waals surface area contributed by atoms with Crippen LogP contribution in [0.1, 0.15) is 43.5 Å². The molecule has 156 valence electrons. The van der Waals surface area contributed by atoms with E-state index in [4.69, 9.17) is 21.7 Å². The van der Waals surface area contributed by atoms with Crippen LogP contribution in [0, 0.1) is 23.7 Å². The van der Waals surface area contributed by atoms with Gasteiger partial charge in [-0.3, -0.25) is 0 Å². The standard InChI is InChI=1S/C24H27N3O2S/c1-15-7-6-8-16(11-15)14-29-19-10-9-17(12-20(19)28-5)21-18(13-25)22(24(2,3)4)27-23(30)26-21/h6-12,21H,14H2,1-5H3,(H2,26,27,30)/t21-/m1/s1. The molecule has 0 unspecified atom stereocenters. The number of benzene rings is 2. The first-order valence-electron chi connectivity index (χ1n) is 9.81. The Balaban J connectivity index is 1.91. The second-order valence-electron chi connectivity index (χ2n) is 8.37. The Labute approximate surface area is 183 Å². The Hall–Kier alpha value is -3.04. The molecule has 2 aromatic carbocycles. The van der Waals surface area contributed by atoms with Gasteiger partial charge in [-0.25, -0.2) is 0 Å². The number of rotatable bonds is 5. The Morgan fingerprint density at radius 3 is 2.53 bits per heavy atom. The first kappa shape index (κ1) is 21.7. The van der Waals surface area contributed by atoms with Crippen molar-refractivity contribution >= 4 is 17.3 Å². The quantitative estimate of drug-likeness (QED) is 0.668. The largest absolute Gasteiger partial charge is 0.493 e. The molecule has 0 radical (unpaired) electrons. The molecule has 1 heterocycles. The van der Waals surface area contributed by atoms with Gasteiger partial charge in [-0.2, -0.15) is 5.26 Å². The van der Waals surface area contributed by atoms with E-state index in [1.165, 1.54) is 5.56 Å². The summed E-state index contributed by atoms with van der Waals surface area (Å²) in [6.07, 6.45) is 0. The monoisotopic (exact) mass is 421 g/mol. The highest BCUT2D eigenvalue weighted by Crippen LogP contribution is 2.37. The number of allylic oxidation sites excluding steroid dienone is 1. The van der Waals surface area contributed by atoms with Crippen molar-refractivity contribution in [1.82, 2.24) is 10.6 Å². The molecule has 1 aliphatic heterocycles. The van der Waals surface area contributed by atoms with Crippen molar-refractivity contribution in [2.45, 2.75) is 40.3 Å². The van der Waals surface area contributed by atoms with E-state index >= 15 is 0 Å². The highest BCUT2D eigenvalue weighted by Gasteiger charge is 2.32. The highest BCUT2D eigenvalue weighted by molar-refractivity contribution is 7.80. The van der Waals surface area contributed by atoms with Gasteiger partial charge in [0.25, 0.3) is 0 Å². The molecule has 30 heavy (non-hydrogen) atoms. The molecule has 1 atom stereocenters. The average Bonchev–Trinajstić information content (AvgIpc) is 2.71. The van der Waals surface area contributed by atoms with Crippen LogP contribution >= 0.6 is 12.2 Å². The summed E-state index contributed by atoms with van der Waals surface area (Å²) in [5.41, 5.74) is 4.38. The first-order chi connectivity index (χ1) is 14.2. The summed E-state index contributed by atoms with van der Waals surface area (Å²) >= 11 is 5.40. The molecule has 0 saturated carbocycles. The number of methoxy groups -OCH3 is 1. The molecule has 0 aromatic heterocycles. The number of hydrogen-bond donors (Lipinski definition) is 2. The third kappa shape index (κ3) is 4.74. The molecule has 0 amide bonds. The Morgan fingerprint density at radius 1 is 1.13 bits per heavy atom. The van der Waals surface area contributed by atoms with Crippen LogP contribution in [-0.2, 0) is 6.61 Å². The Bertz CT molecular complexity index is 1030. The number of hydrogen-bond acceptors (Lipinski definition) is 4. The summed E-state index contributed by atoms with van der Waals surface area (Å²) in [6.45, 7) is 8.67. The third-order valence-corrected chi connectivity index (χ3v) is 5.16. The Morgan fingerprint density at radius 2 is 1.90 bits per heavy atom. The molecular weight excluding hydrogens is 394 g/mol. The van der Waals surface area contributed by atoms with E-state index in [9.17, 15) is 5.26 Å². The lowest BCUT2D eigenvalue weighted by Crippen LogP contribution is -2.46. The first-order valence-corrected chi connectivity index (χ1v) is 10.2. The molecule has 2 N–H and O–H groups in total. The van der Waals surface area contributed by atoms with Crippen LogP contribution in [0.3, 0.4) is 0 Å². The molecule has 2 aromatic rings. The van der Waals surface area contributed by atoms with E-state index in [1.54, 1.807) is 7.11 Å². The van der Waals surface area contributed by atoms with Gasteiger partial charge in [0.15, 0.2) is 16.6 Å². The number of nitriles is 1. The number of thiocarbonyl (C=S) groups is 1. The van der Waals surface area contributed by atoms with E-state index < -0.39 is 0 Å². The van der Waals surface area contributed by atoms with Crippen molar-refractivity contribution in [2.24, 2.45) is 5.41 Å². The normalized spacial score (nSPS) is 16.4. The maximum Gasteiger partial charge on any atom is 0.171 e. The summed E-state index contributed by atoms with van der Waals surface area (Å²) in [6, 6.07) is 15.9. The SMILES string of the molecule is COc1cc([C@H]2NC(=S)NC(C(C)(C)C)=C2C#N)ccc1OCc1cccc(C)c1. The zero-order valence-electron chi connectivity index (χ0n) is 18.0. The van der Waals surface area contributed by atoms with Crippen molar-refractivity contribution in [3.63, 3.8) is 0 Å². The summed E-state index contributed by atoms with van der Waals surface area (Å²) in [4.78, 5) is 0. The van der Waals surface area contributed by atoms with Gasteiger partial charge in [-0.05, 0) is 42.4 Å². The number of nitrogens with zero attached hydrogens (tertiary/aromatic N) is 1. The lowest BCUT2D eigenvalue weighted by atomic mass is 9.84. The maximum absolute atomic E-state index is 9.87. The number of nitrogens with one attached hydrogen (secondary N) is 2. The van der Waals surface area contributed by atoms with Crippen molar-refractivity contribution in [3.05, 3.63) is 70.4 Å².